The molecule has 2 rings (SSSR count). The first-order chi connectivity index (χ1) is 11.9. The highest BCUT2D eigenvalue weighted by atomic mass is 16.6. The third kappa shape index (κ3) is 3.98. The molecule has 9 heteroatoms. The summed E-state index contributed by atoms with van der Waals surface area (Å²) in [5, 5.41) is 11.4. The van der Waals surface area contributed by atoms with Gasteiger partial charge in [0, 0.05) is 25.1 Å². The number of likely N-dealkylation sites (tertiary alicyclic amines) is 1. The van der Waals surface area contributed by atoms with E-state index in [1.807, 2.05) is 0 Å². The van der Waals surface area contributed by atoms with Gasteiger partial charge in [0.25, 0.3) is 11.6 Å². The summed E-state index contributed by atoms with van der Waals surface area (Å²) in [6.45, 7) is 2.72. The van der Waals surface area contributed by atoms with Gasteiger partial charge in [-0.1, -0.05) is 0 Å². The van der Waals surface area contributed by atoms with Gasteiger partial charge in [-0.25, -0.2) is 0 Å². The predicted molar refractivity (Wildman–Crippen MR) is 88.6 cm³/mol. The van der Waals surface area contributed by atoms with E-state index in [9.17, 15) is 19.7 Å². The number of nitrogens with two attached hydrogens (primary N) is 1. The zero-order valence-electron chi connectivity index (χ0n) is 14.2. The lowest BCUT2D eigenvalue weighted by Crippen LogP contribution is -2.41. The Bertz CT molecular complexity index is 683. The summed E-state index contributed by atoms with van der Waals surface area (Å²) >= 11 is 0. The molecular weight excluding hydrogens is 330 g/mol. The van der Waals surface area contributed by atoms with E-state index in [1.165, 1.54) is 24.1 Å². The standard InChI is InChI=1S/C16H21N3O6/c1-3-25-14-8-11(12(19(22)23)9-13(14)24-2)16(21)18-6-4-10(5-7-18)15(17)20/h8-10H,3-7H2,1-2H3,(H2,17,20). The topological polar surface area (TPSA) is 125 Å². The van der Waals surface area contributed by atoms with Crippen molar-refractivity contribution in [3.05, 3.63) is 27.8 Å². The van der Waals surface area contributed by atoms with Gasteiger partial charge in [0.1, 0.15) is 5.56 Å². The molecule has 0 bridgehead atoms. The van der Waals surface area contributed by atoms with Crippen LogP contribution in [0.15, 0.2) is 12.1 Å². The molecule has 1 fully saturated rings. The number of methoxy groups -OCH3 is 1. The largest absolute Gasteiger partial charge is 0.493 e. The Morgan fingerprint density at radius 1 is 1.32 bits per heavy atom. The summed E-state index contributed by atoms with van der Waals surface area (Å²) in [6, 6.07) is 2.53. The van der Waals surface area contributed by atoms with Crippen molar-refractivity contribution < 1.29 is 24.0 Å². The summed E-state index contributed by atoms with van der Waals surface area (Å²) < 4.78 is 10.5. The van der Waals surface area contributed by atoms with E-state index in [0.29, 0.717) is 32.5 Å². The van der Waals surface area contributed by atoms with Crippen molar-refractivity contribution in [2.75, 3.05) is 26.8 Å². The fourth-order valence-electron chi connectivity index (χ4n) is 2.84. The lowest BCUT2D eigenvalue weighted by atomic mass is 9.95. The maximum Gasteiger partial charge on any atom is 0.286 e. The first-order valence-corrected chi connectivity index (χ1v) is 7.96. The minimum absolute atomic E-state index is 0.0632. The number of piperidine rings is 1. The molecular formula is C16H21N3O6. The maximum atomic E-state index is 12.8. The number of nitro benzene ring substituents is 1. The number of primary amides is 1. The minimum Gasteiger partial charge on any atom is -0.493 e. The van der Waals surface area contributed by atoms with Gasteiger partial charge in [-0.2, -0.15) is 0 Å². The Hall–Kier alpha value is -2.84. The number of nitro groups is 1. The number of amides is 2. The molecule has 1 aromatic carbocycles. The number of hydrogen-bond acceptors (Lipinski definition) is 6. The van der Waals surface area contributed by atoms with Crippen LogP contribution in [0.4, 0.5) is 5.69 Å². The summed E-state index contributed by atoms with van der Waals surface area (Å²) in [7, 11) is 1.37. The van der Waals surface area contributed by atoms with Crippen molar-refractivity contribution in [1.29, 1.82) is 0 Å². The molecule has 136 valence electrons. The van der Waals surface area contributed by atoms with Crippen molar-refractivity contribution in [3.8, 4) is 11.5 Å². The zero-order valence-corrected chi connectivity index (χ0v) is 14.2. The Labute approximate surface area is 144 Å². The molecule has 0 spiro atoms. The maximum absolute atomic E-state index is 12.8. The number of ether oxygens (including phenoxy) is 2. The number of hydrogen-bond donors (Lipinski definition) is 1. The molecule has 1 heterocycles. The average molecular weight is 351 g/mol. The molecule has 2 amide bonds. The van der Waals surface area contributed by atoms with Crippen molar-refractivity contribution in [3.63, 3.8) is 0 Å². The van der Waals surface area contributed by atoms with E-state index in [4.69, 9.17) is 15.2 Å². The Kier molecular flexibility index (Phi) is 5.79. The quantitative estimate of drug-likeness (QED) is 0.609. The Balaban J connectivity index is 2.33. The Morgan fingerprint density at radius 2 is 1.96 bits per heavy atom. The summed E-state index contributed by atoms with van der Waals surface area (Å²) in [6.07, 6.45) is 0.896. The van der Waals surface area contributed by atoms with Crippen molar-refractivity contribution in [1.82, 2.24) is 4.90 Å². The first-order valence-electron chi connectivity index (χ1n) is 7.96. The minimum atomic E-state index is -0.623. The molecule has 0 atom stereocenters. The third-order valence-corrected chi connectivity index (χ3v) is 4.19. The average Bonchev–Trinajstić information content (AvgIpc) is 2.60. The van der Waals surface area contributed by atoms with Gasteiger partial charge < -0.3 is 20.1 Å². The van der Waals surface area contributed by atoms with E-state index in [2.05, 4.69) is 0 Å². The second-order valence-electron chi connectivity index (χ2n) is 5.68. The summed E-state index contributed by atoms with van der Waals surface area (Å²) in [5.41, 5.74) is 4.88. The molecule has 1 aromatic rings. The molecule has 0 unspecified atom stereocenters. The summed E-state index contributed by atoms with van der Waals surface area (Å²) in [5.74, 6) is -0.670. The van der Waals surface area contributed by atoms with Gasteiger partial charge in [-0.3, -0.25) is 19.7 Å². The van der Waals surface area contributed by atoms with Crippen LogP contribution >= 0.6 is 0 Å². The van der Waals surface area contributed by atoms with E-state index in [0.717, 1.165) is 0 Å². The molecule has 25 heavy (non-hydrogen) atoms. The number of rotatable bonds is 6. The van der Waals surface area contributed by atoms with Gasteiger partial charge in [0.05, 0.1) is 24.7 Å². The van der Waals surface area contributed by atoms with Crippen LogP contribution in [0.25, 0.3) is 0 Å². The molecule has 9 nitrogen and oxygen atoms in total. The van der Waals surface area contributed by atoms with Crippen LogP contribution in [-0.4, -0.2) is 48.4 Å². The molecule has 0 aromatic heterocycles. The van der Waals surface area contributed by atoms with Gasteiger partial charge in [-0.15, -0.1) is 0 Å². The fourth-order valence-corrected chi connectivity index (χ4v) is 2.84. The van der Waals surface area contributed by atoms with Crippen LogP contribution in [0.2, 0.25) is 0 Å². The zero-order chi connectivity index (χ0) is 18.6. The van der Waals surface area contributed by atoms with Crippen LogP contribution in [0.3, 0.4) is 0 Å². The monoisotopic (exact) mass is 351 g/mol. The summed E-state index contributed by atoms with van der Waals surface area (Å²) in [4.78, 5) is 36.2. The van der Waals surface area contributed by atoms with Gasteiger partial charge in [0.2, 0.25) is 5.91 Å². The van der Waals surface area contributed by atoms with Gasteiger partial charge in [-0.05, 0) is 19.8 Å². The van der Waals surface area contributed by atoms with Crippen LogP contribution in [0.1, 0.15) is 30.1 Å². The van der Waals surface area contributed by atoms with E-state index < -0.39 is 10.8 Å². The lowest BCUT2D eigenvalue weighted by Gasteiger charge is -2.30. The second-order valence-corrected chi connectivity index (χ2v) is 5.68. The van der Waals surface area contributed by atoms with Crippen molar-refractivity contribution >= 4 is 17.5 Å². The van der Waals surface area contributed by atoms with E-state index >= 15 is 0 Å². The molecule has 2 N–H and O–H groups in total. The van der Waals surface area contributed by atoms with Crippen LogP contribution in [0, 0.1) is 16.0 Å². The number of benzene rings is 1. The van der Waals surface area contributed by atoms with Crippen LogP contribution in [-0.2, 0) is 4.79 Å². The highest BCUT2D eigenvalue weighted by Crippen LogP contribution is 2.35. The first kappa shape index (κ1) is 18.5. The van der Waals surface area contributed by atoms with Gasteiger partial charge >= 0.3 is 0 Å². The molecule has 0 radical (unpaired) electrons. The molecule has 0 aliphatic carbocycles. The van der Waals surface area contributed by atoms with Crippen molar-refractivity contribution in [2.45, 2.75) is 19.8 Å². The number of carbonyl (C=O) groups is 2. The van der Waals surface area contributed by atoms with E-state index in [1.54, 1.807) is 6.92 Å². The molecule has 1 aliphatic rings. The molecule has 0 saturated carbocycles. The number of nitrogens with zero attached hydrogens (tertiary/aromatic N) is 2. The SMILES string of the molecule is CCOc1cc(C(=O)N2CCC(C(N)=O)CC2)c([N+](=O)[O-])cc1OC. The lowest BCUT2D eigenvalue weighted by molar-refractivity contribution is -0.385. The molecule has 1 aliphatic heterocycles. The number of carbonyl (C=O) groups excluding carboxylic acids is 2. The van der Waals surface area contributed by atoms with Crippen LogP contribution in [0.5, 0.6) is 11.5 Å². The van der Waals surface area contributed by atoms with Gasteiger partial charge in [0.15, 0.2) is 11.5 Å². The Morgan fingerprint density at radius 3 is 2.44 bits per heavy atom. The predicted octanol–water partition coefficient (Wildman–Crippen LogP) is 1.34. The smallest absolute Gasteiger partial charge is 0.286 e. The third-order valence-electron chi connectivity index (χ3n) is 4.19. The fraction of sp³-hybridized carbons (Fsp3) is 0.500. The van der Waals surface area contributed by atoms with Crippen LogP contribution < -0.4 is 15.2 Å². The van der Waals surface area contributed by atoms with E-state index in [-0.39, 0.29) is 34.6 Å². The second kappa shape index (κ2) is 7.82. The highest BCUT2D eigenvalue weighted by molar-refractivity contribution is 5.99. The highest BCUT2D eigenvalue weighted by Gasteiger charge is 2.31. The normalized spacial score (nSPS) is 14.9. The van der Waals surface area contributed by atoms with Crippen molar-refractivity contribution in [2.24, 2.45) is 11.7 Å². The molecule has 1 saturated heterocycles.